The first kappa shape index (κ1) is 26.0. The zero-order chi connectivity index (χ0) is 23.8. The summed E-state index contributed by atoms with van der Waals surface area (Å²) < 4.78 is 24.7. The van der Waals surface area contributed by atoms with Gasteiger partial charge in [0.25, 0.3) is 5.56 Å². The van der Waals surface area contributed by atoms with Crippen LogP contribution in [0.3, 0.4) is 0 Å². The van der Waals surface area contributed by atoms with E-state index >= 15 is 0 Å². The highest BCUT2D eigenvalue weighted by molar-refractivity contribution is 7.98. The van der Waals surface area contributed by atoms with Gasteiger partial charge < -0.3 is 25.0 Å². The van der Waals surface area contributed by atoms with Crippen LogP contribution in [0.1, 0.15) is 38.8 Å². The lowest BCUT2D eigenvalue weighted by Crippen LogP contribution is -2.43. The first-order valence-corrected chi connectivity index (χ1v) is 11.6. The Morgan fingerprint density at radius 2 is 2.09 bits per heavy atom. The molecule has 0 unspecified atom stereocenters. The number of carbonyl (C=O) groups excluding carboxylic acids is 2. The molecule has 2 heterocycles. The van der Waals surface area contributed by atoms with Crippen LogP contribution in [0.15, 0.2) is 15.8 Å². The summed E-state index contributed by atoms with van der Waals surface area (Å²) in [6.07, 6.45) is -1.40. The summed E-state index contributed by atoms with van der Waals surface area (Å²) in [5.41, 5.74) is -2.28. The van der Waals surface area contributed by atoms with E-state index in [1.807, 2.05) is 13.2 Å². The third-order valence-corrected chi connectivity index (χ3v) is 5.56. The number of aliphatic hydroxyl groups is 2. The van der Waals surface area contributed by atoms with Crippen LogP contribution in [0.5, 0.6) is 0 Å². The molecule has 0 spiro atoms. The van der Waals surface area contributed by atoms with Crippen molar-refractivity contribution in [3.63, 3.8) is 0 Å². The second kappa shape index (κ2) is 12.1. The quantitative estimate of drug-likeness (QED) is 0.301. The second-order valence-electron chi connectivity index (χ2n) is 7.33. The topological polar surface area (TPSA) is 160 Å². The molecule has 0 aliphatic carbocycles. The van der Waals surface area contributed by atoms with E-state index in [4.69, 9.17) is 9.47 Å². The number of carbonyl (C=O) groups is 2. The number of thioether (sulfide) groups is 1. The first-order chi connectivity index (χ1) is 15.2. The highest BCUT2D eigenvalue weighted by atomic mass is 32.2. The number of ether oxygens (including phenoxy) is 2. The summed E-state index contributed by atoms with van der Waals surface area (Å²) in [6, 6.07) is -0.887. The van der Waals surface area contributed by atoms with Gasteiger partial charge in [-0.05, 0) is 24.9 Å². The minimum Gasteiger partial charge on any atom is -0.461 e. The SMILES string of the molecule is CCCCC(=O)N[C@@H](CCSC)C(=O)OC[C@H]1O[C@@H](n2cc(F)c(=O)[nH]c2=O)[C@H](O)[C@@H]1O. The summed E-state index contributed by atoms with van der Waals surface area (Å²) in [5.74, 6) is -1.69. The van der Waals surface area contributed by atoms with Crippen LogP contribution in [0.4, 0.5) is 4.39 Å². The smallest absolute Gasteiger partial charge is 0.330 e. The summed E-state index contributed by atoms with van der Waals surface area (Å²) in [6.45, 7) is 1.46. The summed E-state index contributed by atoms with van der Waals surface area (Å²) in [7, 11) is 0. The molecule has 0 aromatic carbocycles. The predicted molar refractivity (Wildman–Crippen MR) is 113 cm³/mol. The fraction of sp³-hybridized carbons (Fsp3) is 0.684. The van der Waals surface area contributed by atoms with Gasteiger partial charge in [0.2, 0.25) is 11.7 Å². The molecule has 1 saturated heterocycles. The zero-order valence-corrected chi connectivity index (χ0v) is 18.6. The largest absolute Gasteiger partial charge is 0.461 e. The molecular weight excluding hydrogens is 449 g/mol. The Balaban J connectivity index is 2.02. The molecule has 180 valence electrons. The Bertz CT molecular complexity index is 907. The molecule has 5 atom stereocenters. The fourth-order valence-corrected chi connectivity index (χ4v) is 3.57. The number of H-pyrrole nitrogens is 1. The van der Waals surface area contributed by atoms with Crippen molar-refractivity contribution in [2.45, 2.75) is 63.2 Å². The number of nitrogens with zero attached hydrogens (tertiary/aromatic N) is 1. The van der Waals surface area contributed by atoms with Gasteiger partial charge in [-0.2, -0.15) is 16.2 Å². The molecule has 0 bridgehead atoms. The highest BCUT2D eigenvalue weighted by Gasteiger charge is 2.45. The van der Waals surface area contributed by atoms with Crippen molar-refractivity contribution < 1.29 is 33.7 Å². The van der Waals surface area contributed by atoms with Crippen LogP contribution >= 0.6 is 11.8 Å². The summed E-state index contributed by atoms with van der Waals surface area (Å²) in [5, 5.41) is 23.1. The van der Waals surface area contributed by atoms with Crippen molar-refractivity contribution >= 4 is 23.6 Å². The van der Waals surface area contributed by atoms with E-state index in [1.165, 1.54) is 11.8 Å². The van der Waals surface area contributed by atoms with Crippen LogP contribution in [0.25, 0.3) is 0 Å². The van der Waals surface area contributed by atoms with E-state index in [1.54, 1.807) is 4.98 Å². The van der Waals surface area contributed by atoms with E-state index in [0.29, 0.717) is 29.4 Å². The van der Waals surface area contributed by atoms with E-state index in [9.17, 15) is 33.8 Å². The van der Waals surface area contributed by atoms with Crippen molar-refractivity contribution in [3.05, 3.63) is 32.9 Å². The van der Waals surface area contributed by atoms with Crippen LogP contribution in [0.2, 0.25) is 0 Å². The van der Waals surface area contributed by atoms with E-state index < -0.39 is 60.2 Å². The number of hydrogen-bond donors (Lipinski definition) is 4. The lowest BCUT2D eigenvalue weighted by atomic mass is 10.1. The van der Waals surface area contributed by atoms with Gasteiger partial charge in [0.15, 0.2) is 6.23 Å². The molecule has 32 heavy (non-hydrogen) atoms. The molecule has 0 radical (unpaired) electrons. The van der Waals surface area contributed by atoms with E-state index in [2.05, 4.69) is 5.32 Å². The van der Waals surface area contributed by atoms with Gasteiger partial charge in [0.05, 0.1) is 6.20 Å². The molecule has 13 heteroatoms. The van der Waals surface area contributed by atoms with Crippen LogP contribution < -0.4 is 16.6 Å². The second-order valence-corrected chi connectivity index (χ2v) is 8.31. The fourth-order valence-electron chi connectivity index (χ4n) is 3.10. The molecular formula is C19H28FN3O8S. The highest BCUT2D eigenvalue weighted by Crippen LogP contribution is 2.28. The van der Waals surface area contributed by atoms with E-state index in [-0.39, 0.29) is 12.3 Å². The molecule has 1 aliphatic heterocycles. The van der Waals surface area contributed by atoms with Crippen LogP contribution in [-0.4, -0.2) is 74.6 Å². The van der Waals surface area contributed by atoms with Crippen molar-refractivity contribution in [2.75, 3.05) is 18.6 Å². The number of rotatable bonds is 11. The zero-order valence-electron chi connectivity index (χ0n) is 17.8. The van der Waals surface area contributed by atoms with Gasteiger partial charge in [0.1, 0.15) is 31.0 Å². The lowest BCUT2D eigenvalue weighted by molar-refractivity contribution is -0.154. The average Bonchev–Trinajstić information content (AvgIpc) is 3.04. The van der Waals surface area contributed by atoms with Crippen molar-refractivity contribution in [1.82, 2.24) is 14.9 Å². The van der Waals surface area contributed by atoms with Crippen molar-refractivity contribution in [1.29, 1.82) is 0 Å². The van der Waals surface area contributed by atoms with Gasteiger partial charge in [-0.3, -0.25) is 19.1 Å². The molecule has 1 fully saturated rings. The number of esters is 1. The number of hydrogen-bond acceptors (Lipinski definition) is 9. The Morgan fingerprint density at radius 1 is 1.38 bits per heavy atom. The van der Waals surface area contributed by atoms with Crippen LogP contribution in [0, 0.1) is 5.82 Å². The number of amides is 1. The maximum Gasteiger partial charge on any atom is 0.330 e. The number of aromatic nitrogens is 2. The van der Waals surface area contributed by atoms with Gasteiger partial charge in [-0.15, -0.1) is 0 Å². The number of nitrogens with one attached hydrogen (secondary N) is 2. The number of unbranched alkanes of at least 4 members (excludes halogenated alkanes) is 1. The van der Waals surface area contributed by atoms with Crippen molar-refractivity contribution in [2.24, 2.45) is 0 Å². The third kappa shape index (κ3) is 6.64. The molecule has 11 nitrogen and oxygen atoms in total. The lowest BCUT2D eigenvalue weighted by Gasteiger charge is -2.20. The van der Waals surface area contributed by atoms with Crippen LogP contribution in [-0.2, 0) is 19.1 Å². The number of halogens is 1. The Hall–Kier alpha value is -2.22. The Labute approximate surface area is 187 Å². The maximum atomic E-state index is 13.6. The molecule has 1 aliphatic rings. The molecule has 0 saturated carbocycles. The predicted octanol–water partition coefficient (Wildman–Crippen LogP) is -0.734. The molecule has 1 aromatic heterocycles. The third-order valence-electron chi connectivity index (χ3n) is 4.91. The summed E-state index contributed by atoms with van der Waals surface area (Å²) >= 11 is 1.49. The molecule has 4 N–H and O–H groups in total. The molecule has 1 aromatic rings. The van der Waals surface area contributed by atoms with Gasteiger partial charge in [0, 0.05) is 6.42 Å². The maximum absolute atomic E-state index is 13.6. The monoisotopic (exact) mass is 477 g/mol. The van der Waals surface area contributed by atoms with Gasteiger partial charge in [-0.25, -0.2) is 9.59 Å². The molecule has 2 rings (SSSR count). The van der Waals surface area contributed by atoms with Gasteiger partial charge in [-0.1, -0.05) is 13.3 Å². The minimum atomic E-state index is -1.65. The standard InChI is InChI=1S/C19H28FN3O8S/c1-3-4-5-13(24)21-11(6-7-32-2)18(28)30-9-12-14(25)15(26)17(31-12)23-8-10(20)16(27)22-19(23)29/h8,11-12,14-15,17,25-26H,3-7,9H2,1-2H3,(H,21,24)(H,22,27,29)/t11-,12+,14+,15+,17+/m0/s1. The first-order valence-electron chi connectivity index (χ1n) is 10.2. The van der Waals surface area contributed by atoms with E-state index in [0.717, 1.165) is 6.42 Å². The van der Waals surface area contributed by atoms with Crippen molar-refractivity contribution in [3.8, 4) is 0 Å². The molecule has 1 amide bonds. The average molecular weight is 478 g/mol. The Morgan fingerprint density at radius 3 is 2.75 bits per heavy atom. The van der Waals surface area contributed by atoms with Gasteiger partial charge >= 0.3 is 11.7 Å². The number of aromatic amines is 1. The summed E-state index contributed by atoms with van der Waals surface area (Å²) in [4.78, 5) is 49.3. The normalized spacial score (nSPS) is 23.7. The minimum absolute atomic E-state index is 0.276. The number of aliphatic hydroxyl groups excluding tert-OH is 2. The Kier molecular flexibility index (Phi) is 9.87.